The first-order valence-corrected chi connectivity index (χ1v) is 3.53. The lowest BCUT2D eigenvalue weighted by atomic mass is 10.2. The molecule has 0 spiro atoms. The molecule has 4 nitrogen and oxygen atoms in total. The average Bonchev–Trinajstić information content (AvgIpc) is 2.46. The molecule has 0 fully saturated rings. The van der Waals surface area contributed by atoms with Gasteiger partial charge >= 0.3 is 0 Å². The minimum atomic E-state index is 0.538. The summed E-state index contributed by atoms with van der Waals surface area (Å²) in [4.78, 5) is 4.16. The number of nitrogens with one attached hydrogen (secondary N) is 1. The average molecular weight is 150 g/mol. The van der Waals surface area contributed by atoms with E-state index in [1.807, 2.05) is 17.6 Å². The summed E-state index contributed by atoms with van der Waals surface area (Å²) in [6.45, 7) is 2.53. The number of hydrogen-bond donors (Lipinski definition) is 2. The van der Waals surface area contributed by atoms with Crippen molar-refractivity contribution >= 4 is 5.65 Å². The van der Waals surface area contributed by atoms with Crippen LogP contribution in [-0.4, -0.2) is 14.6 Å². The van der Waals surface area contributed by atoms with E-state index in [4.69, 9.17) is 5.73 Å². The molecule has 0 saturated heterocycles. The van der Waals surface area contributed by atoms with Crippen molar-refractivity contribution in [3.63, 3.8) is 0 Å². The van der Waals surface area contributed by atoms with Crippen LogP contribution in [0, 0.1) is 6.92 Å². The van der Waals surface area contributed by atoms with E-state index in [-0.39, 0.29) is 0 Å². The Morgan fingerprint density at radius 1 is 1.73 bits per heavy atom. The van der Waals surface area contributed by atoms with Gasteiger partial charge in [-0.2, -0.15) is 0 Å². The fourth-order valence-corrected chi connectivity index (χ4v) is 1.28. The van der Waals surface area contributed by atoms with E-state index in [0.717, 1.165) is 16.9 Å². The minimum absolute atomic E-state index is 0.538. The largest absolute Gasteiger partial charge is 0.326 e. The molecule has 0 aliphatic carbocycles. The van der Waals surface area contributed by atoms with Crippen molar-refractivity contribution in [2.75, 3.05) is 0 Å². The van der Waals surface area contributed by atoms with Crippen LogP contribution in [0.25, 0.3) is 5.65 Å². The van der Waals surface area contributed by atoms with E-state index in [9.17, 15) is 0 Å². The number of nitrogens with zero attached hydrogens (tertiary/aromatic N) is 2. The molecule has 0 aliphatic rings. The molecular formula is C7H10N4. The first kappa shape index (κ1) is 6.42. The first-order valence-electron chi connectivity index (χ1n) is 3.53. The van der Waals surface area contributed by atoms with Crippen molar-refractivity contribution in [1.82, 2.24) is 14.6 Å². The highest BCUT2D eigenvalue weighted by Crippen LogP contribution is 2.11. The standard InChI is InChI=1S/C7H10N4/c1-5-6(4-8)7-9-2-3-11(7)10-5/h2-3,10H,4,8H2,1H3. The van der Waals surface area contributed by atoms with Crippen LogP contribution in [0.1, 0.15) is 11.3 Å². The fraction of sp³-hybridized carbons (Fsp3) is 0.286. The molecule has 2 aromatic rings. The van der Waals surface area contributed by atoms with E-state index < -0.39 is 0 Å². The number of aromatic amines is 1. The number of rotatable bonds is 1. The zero-order valence-electron chi connectivity index (χ0n) is 6.33. The second-order valence-corrected chi connectivity index (χ2v) is 2.54. The molecule has 4 heteroatoms. The summed E-state index contributed by atoms with van der Waals surface area (Å²) in [7, 11) is 0. The molecule has 0 amide bonds. The van der Waals surface area contributed by atoms with Crippen LogP contribution in [0.4, 0.5) is 0 Å². The number of aryl methyl sites for hydroxylation is 1. The Morgan fingerprint density at radius 2 is 2.55 bits per heavy atom. The summed E-state index contributed by atoms with van der Waals surface area (Å²) < 4.78 is 1.87. The highest BCUT2D eigenvalue weighted by Gasteiger charge is 2.05. The zero-order chi connectivity index (χ0) is 7.84. The van der Waals surface area contributed by atoms with Gasteiger partial charge < -0.3 is 5.73 Å². The van der Waals surface area contributed by atoms with E-state index in [0.29, 0.717) is 6.54 Å². The first-order chi connectivity index (χ1) is 5.33. The Labute approximate surface area is 64.0 Å². The fourth-order valence-electron chi connectivity index (χ4n) is 1.28. The van der Waals surface area contributed by atoms with Gasteiger partial charge in [-0.15, -0.1) is 0 Å². The Balaban J connectivity index is 2.80. The van der Waals surface area contributed by atoms with E-state index in [2.05, 4.69) is 10.1 Å². The van der Waals surface area contributed by atoms with Crippen molar-refractivity contribution in [2.24, 2.45) is 5.73 Å². The van der Waals surface area contributed by atoms with Gasteiger partial charge in [-0.25, -0.2) is 9.50 Å². The van der Waals surface area contributed by atoms with Crippen LogP contribution in [0.3, 0.4) is 0 Å². The molecule has 11 heavy (non-hydrogen) atoms. The van der Waals surface area contributed by atoms with Gasteiger partial charge in [-0.05, 0) is 6.92 Å². The van der Waals surface area contributed by atoms with E-state index in [1.54, 1.807) is 6.20 Å². The summed E-state index contributed by atoms with van der Waals surface area (Å²) in [5.74, 6) is 0. The summed E-state index contributed by atoms with van der Waals surface area (Å²) >= 11 is 0. The second kappa shape index (κ2) is 2.10. The van der Waals surface area contributed by atoms with Crippen LogP contribution in [-0.2, 0) is 6.54 Å². The number of H-pyrrole nitrogens is 1. The van der Waals surface area contributed by atoms with Gasteiger partial charge in [0, 0.05) is 30.2 Å². The molecule has 0 saturated carbocycles. The molecule has 0 aliphatic heterocycles. The smallest absolute Gasteiger partial charge is 0.157 e. The third-order valence-electron chi connectivity index (χ3n) is 1.86. The number of fused-ring (bicyclic) bond motifs is 1. The highest BCUT2D eigenvalue weighted by molar-refractivity contribution is 5.49. The Kier molecular flexibility index (Phi) is 1.22. The number of aromatic nitrogens is 3. The highest BCUT2D eigenvalue weighted by atomic mass is 15.3. The third kappa shape index (κ3) is 0.760. The Bertz CT molecular complexity index is 371. The van der Waals surface area contributed by atoms with E-state index in [1.165, 1.54) is 0 Å². The molecule has 58 valence electrons. The predicted molar refractivity (Wildman–Crippen MR) is 42.2 cm³/mol. The van der Waals surface area contributed by atoms with Gasteiger partial charge in [0.05, 0.1) is 0 Å². The lowest BCUT2D eigenvalue weighted by molar-refractivity contribution is 0.940. The van der Waals surface area contributed by atoms with Crippen LogP contribution in [0.15, 0.2) is 12.4 Å². The number of imidazole rings is 1. The van der Waals surface area contributed by atoms with Crippen LogP contribution < -0.4 is 5.73 Å². The monoisotopic (exact) mass is 150 g/mol. The molecule has 0 atom stereocenters. The molecule has 2 heterocycles. The van der Waals surface area contributed by atoms with Crippen molar-refractivity contribution in [3.8, 4) is 0 Å². The maximum absolute atomic E-state index is 5.55. The number of hydrogen-bond acceptors (Lipinski definition) is 2. The topological polar surface area (TPSA) is 59.1 Å². The zero-order valence-corrected chi connectivity index (χ0v) is 6.33. The number of nitrogens with two attached hydrogens (primary N) is 1. The molecule has 0 aromatic carbocycles. The van der Waals surface area contributed by atoms with Gasteiger partial charge in [-0.3, -0.25) is 5.10 Å². The molecule has 2 rings (SSSR count). The van der Waals surface area contributed by atoms with Crippen LogP contribution >= 0.6 is 0 Å². The maximum Gasteiger partial charge on any atom is 0.157 e. The lowest BCUT2D eigenvalue weighted by Crippen LogP contribution is -1.97. The van der Waals surface area contributed by atoms with Gasteiger partial charge in [0.15, 0.2) is 5.65 Å². The molecule has 2 aromatic heterocycles. The minimum Gasteiger partial charge on any atom is -0.326 e. The molecule has 0 unspecified atom stereocenters. The van der Waals surface area contributed by atoms with Crippen LogP contribution in [0.2, 0.25) is 0 Å². The third-order valence-corrected chi connectivity index (χ3v) is 1.86. The summed E-state index contributed by atoms with van der Waals surface area (Å²) in [6.07, 6.45) is 3.63. The normalized spacial score (nSPS) is 11.1. The summed E-state index contributed by atoms with van der Waals surface area (Å²) in [5, 5.41) is 3.13. The summed E-state index contributed by atoms with van der Waals surface area (Å²) in [6, 6.07) is 0. The quantitative estimate of drug-likeness (QED) is 0.619. The Morgan fingerprint density at radius 3 is 3.27 bits per heavy atom. The maximum atomic E-state index is 5.55. The lowest BCUT2D eigenvalue weighted by Gasteiger charge is -1.89. The molecule has 0 bridgehead atoms. The molecular weight excluding hydrogens is 140 g/mol. The molecule has 0 radical (unpaired) electrons. The Hall–Kier alpha value is -1.29. The van der Waals surface area contributed by atoms with Crippen molar-refractivity contribution in [1.29, 1.82) is 0 Å². The van der Waals surface area contributed by atoms with Gasteiger partial charge in [0.2, 0.25) is 0 Å². The SMILES string of the molecule is Cc1[nH]n2ccnc2c1CN. The van der Waals surface area contributed by atoms with Crippen molar-refractivity contribution in [3.05, 3.63) is 23.7 Å². The predicted octanol–water partition coefficient (Wildman–Crippen LogP) is 0.430. The van der Waals surface area contributed by atoms with E-state index >= 15 is 0 Å². The molecule has 3 N–H and O–H groups in total. The van der Waals surface area contributed by atoms with Crippen LogP contribution in [0.5, 0.6) is 0 Å². The van der Waals surface area contributed by atoms with Crippen molar-refractivity contribution < 1.29 is 0 Å². The summed E-state index contributed by atoms with van der Waals surface area (Å²) in [5.41, 5.74) is 8.67. The van der Waals surface area contributed by atoms with Gasteiger partial charge in [0.1, 0.15) is 0 Å². The second-order valence-electron chi connectivity index (χ2n) is 2.54. The van der Waals surface area contributed by atoms with Crippen molar-refractivity contribution in [2.45, 2.75) is 13.5 Å². The van der Waals surface area contributed by atoms with Gasteiger partial charge in [-0.1, -0.05) is 0 Å². The van der Waals surface area contributed by atoms with Gasteiger partial charge in [0.25, 0.3) is 0 Å².